The number of pyridine rings is 1. The Morgan fingerprint density at radius 2 is 2.33 bits per heavy atom. The number of hydrogen-bond acceptors (Lipinski definition) is 4. The number of amides is 1. The summed E-state index contributed by atoms with van der Waals surface area (Å²) in [6.45, 7) is 2.57. The summed E-state index contributed by atoms with van der Waals surface area (Å²) in [5, 5.41) is 13.3. The summed E-state index contributed by atoms with van der Waals surface area (Å²) < 4.78 is 0. The van der Waals surface area contributed by atoms with Gasteiger partial charge in [-0.3, -0.25) is 14.9 Å². The van der Waals surface area contributed by atoms with E-state index in [4.69, 9.17) is 11.6 Å². The second-order valence-electron chi connectivity index (χ2n) is 4.75. The zero-order valence-electron chi connectivity index (χ0n) is 9.77. The maximum Gasteiger partial charge on any atom is 0.319 e. The van der Waals surface area contributed by atoms with E-state index in [1.54, 1.807) is 0 Å². The Bertz CT molecular complexity index is 514. The van der Waals surface area contributed by atoms with Crippen LogP contribution in [0.5, 0.6) is 0 Å². The van der Waals surface area contributed by atoms with Gasteiger partial charge in [0, 0.05) is 12.7 Å². The third kappa shape index (κ3) is 2.59. The predicted molar refractivity (Wildman–Crippen MR) is 65.6 cm³/mol. The van der Waals surface area contributed by atoms with Gasteiger partial charge in [-0.05, 0) is 24.3 Å². The summed E-state index contributed by atoms with van der Waals surface area (Å²) in [5.74, 6) is -0.487. The van der Waals surface area contributed by atoms with Crippen LogP contribution in [0.1, 0.15) is 30.1 Å². The quantitative estimate of drug-likeness (QED) is 0.516. The first-order valence-corrected chi connectivity index (χ1v) is 5.88. The van der Waals surface area contributed by atoms with Gasteiger partial charge in [0.15, 0.2) is 0 Å². The summed E-state index contributed by atoms with van der Waals surface area (Å²) in [6, 6.07) is 1.30. The number of carbonyl (C=O) groups is 1. The Morgan fingerprint density at radius 1 is 1.67 bits per heavy atom. The zero-order chi connectivity index (χ0) is 13.3. The maximum absolute atomic E-state index is 11.9. The molecule has 0 saturated heterocycles. The summed E-state index contributed by atoms with van der Waals surface area (Å²) in [7, 11) is 0. The van der Waals surface area contributed by atoms with E-state index in [1.165, 1.54) is 12.3 Å². The fourth-order valence-corrected chi connectivity index (χ4v) is 1.79. The molecule has 1 fully saturated rings. The molecule has 0 aliphatic heterocycles. The lowest BCUT2D eigenvalue weighted by Gasteiger charge is -2.10. The van der Waals surface area contributed by atoms with Crippen LogP contribution in [0.3, 0.4) is 0 Å². The molecular weight excluding hydrogens is 258 g/mol. The van der Waals surface area contributed by atoms with Crippen LogP contribution >= 0.6 is 11.6 Å². The Kier molecular flexibility index (Phi) is 3.21. The van der Waals surface area contributed by atoms with Crippen molar-refractivity contribution in [3.63, 3.8) is 0 Å². The first-order valence-electron chi connectivity index (χ1n) is 5.50. The SMILES string of the molecule is CC1(CNC(=O)c2ccnc(Cl)c2[N+](=O)[O-])CC1. The van der Waals surface area contributed by atoms with E-state index in [-0.39, 0.29) is 16.1 Å². The van der Waals surface area contributed by atoms with Crippen molar-refractivity contribution in [3.05, 3.63) is 33.1 Å². The molecule has 1 N–H and O–H groups in total. The molecule has 1 aromatic heterocycles. The van der Waals surface area contributed by atoms with E-state index < -0.39 is 16.5 Å². The first-order chi connectivity index (χ1) is 8.43. The number of halogens is 1. The van der Waals surface area contributed by atoms with Crippen molar-refractivity contribution in [2.75, 3.05) is 6.54 Å². The van der Waals surface area contributed by atoms with Crippen LogP contribution in [0.15, 0.2) is 12.3 Å². The molecule has 18 heavy (non-hydrogen) atoms. The summed E-state index contributed by atoms with van der Waals surface area (Å²) in [6.07, 6.45) is 3.40. The predicted octanol–water partition coefficient (Wildman–Crippen LogP) is 2.17. The van der Waals surface area contributed by atoms with Crippen LogP contribution in [0.4, 0.5) is 5.69 Å². The molecule has 1 aliphatic rings. The number of hydrogen-bond donors (Lipinski definition) is 1. The molecule has 2 rings (SSSR count). The van der Waals surface area contributed by atoms with Crippen LogP contribution in [-0.2, 0) is 0 Å². The summed E-state index contributed by atoms with van der Waals surface area (Å²) >= 11 is 5.64. The minimum absolute atomic E-state index is 0.0516. The summed E-state index contributed by atoms with van der Waals surface area (Å²) in [5.41, 5.74) is -0.358. The molecule has 96 valence electrons. The third-order valence-corrected chi connectivity index (χ3v) is 3.36. The molecule has 0 unspecified atom stereocenters. The van der Waals surface area contributed by atoms with Gasteiger partial charge in [0.2, 0.25) is 5.15 Å². The van der Waals surface area contributed by atoms with Crippen LogP contribution in [0, 0.1) is 15.5 Å². The van der Waals surface area contributed by atoms with Crippen LogP contribution in [0.25, 0.3) is 0 Å². The first kappa shape index (κ1) is 12.8. The monoisotopic (exact) mass is 269 g/mol. The van der Waals surface area contributed by atoms with E-state index in [1.807, 2.05) is 0 Å². The highest BCUT2D eigenvalue weighted by atomic mass is 35.5. The Hall–Kier alpha value is -1.69. The van der Waals surface area contributed by atoms with Crippen molar-refractivity contribution in [1.29, 1.82) is 0 Å². The highest BCUT2D eigenvalue weighted by Crippen LogP contribution is 2.44. The van der Waals surface area contributed by atoms with Gasteiger partial charge in [0.05, 0.1) is 4.92 Å². The molecule has 1 aliphatic carbocycles. The van der Waals surface area contributed by atoms with Crippen molar-refractivity contribution in [2.24, 2.45) is 5.41 Å². The molecule has 0 bridgehead atoms. The number of nitrogens with zero attached hydrogens (tertiary/aromatic N) is 2. The van der Waals surface area contributed by atoms with Crippen LogP contribution < -0.4 is 5.32 Å². The second-order valence-corrected chi connectivity index (χ2v) is 5.11. The lowest BCUT2D eigenvalue weighted by molar-refractivity contribution is -0.385. The highest BCUT2D eigenvalue weighted by Gasteiger charge is 2.37. The second kappa shape index (κ2) is 4.53. The van der Waals surface area contributed by atoms with Crippen LogP contribution in [0.2, 0.25) is 5.15 Å². The van der Waals surface area contributed by atoms with Gasteiger partial charge >= 0.3 is 5.69 Å². The molecule has 0 radical (unpaired) electrons. The van der Waals surface area contributed by atoms with Gasteiger partial charge in [-0.15, -0.1) is 0 Å². The largest absolute Gasteiger partial charge is 0.351 e. The minimum atomic E-state index is -0.691. The standard InChI is InChI=1S/C11H12ClN3O3/c1-11(3-4-11)6-14-10(16)7-2-5-13-9(12)8(7)15(17)18/h2,5H,3-4,6H2,1H3,(H,14,16). The fourth-order valence-electron chi connectivity index (χ4n) is 1.56. The smallest absolute Gasteiger partial charge is 0.319 e. The molecule has 7 heteroatoms. The third-order valence-electron chi connectivity index (χ3n) is 3.09. The van der Waals surface area contributed by atoms with Crippen LogP contribution in [-0.4, -0.2) is 22.4 Å². The molecule has 0 aromatic carbocycles. The van der Waals surface area contributed by atoms with Crippen molar-refractivity contribution in [3.8, 4) is 0 Å². The molecule has 1 saturated carbocycles. The van der Waals surface area contributed by atoms with E-state index in [9.17, 15) is 14.9 Å². The number of nitrogens with one attached hydrogen (secondary N) is 1. The van der Waals surface area contributed by atoms with Gasteiger partial charge in [-0.2, -0.15) is 0 Å². The molecule has 1 amide bonds. The lowest BCUT2D eigenvalue weighted by atomic mass is 10.1. The molecule has 0 spiro atoms. The van der Waals surface area contributed by atoms with Gasteiger partial charge in [-0.25, -0.2) is 4.98 Å². The van der Waals surface area contributed by atoms with Gasteiger partial charge in [0.25, 0.3) is 5.91 Å². The van der Waals surface area contributed by atoms with Crippen molar-refractivity contribution in [1.82, 2.24) is 10.3 Å². The molecular formula is C11H12ClN3O3. The number of nitro groups is 1. The average Bonchev–Trinajstić information content (AvgIpc) is 3.04. The Morgan fingerprint density at radius 3 is 2.89 bits per heavy atom. The average molecular weight is 270 g/mol. The maximum atomic E-state index is 11.9. The van der Waals surface area contributed by atoms with Gasteiger partial charge in [-0.1, -0.05) is 18.5 Å². The van der Waals surface area contributed by atoms with E-state index in [2.05, 4.69) is 17.2 Å². The molecule has 1 heterocycles. The molecule has 1 aromatic rings. The van der Waals surface area contributed by atoms with E-state index in [0.717, 1.165) is 12.8 Å². The highest BCUT2D eigenvalue weighted by molar-refractivity contribution is 6.32. The topological polar surface area (TPSA) is 85.1 Å². The Balaban J connectivity index is 2.19. The van der Waals surface area contributed by atoms with Crippen molar-refractivity contribution in [2.45, 2.75) is 19.8 Å². The molecule has 6 nitrogen and oxygen atoms in total. The zero-order valence-corrected chi connectivity index (χ0v) is 10.5. The lowest BCUT2D eigenvalue weighted by Crippen LogP contribution is -2.29. The van der Waals surface area contributed by atoms with Gasteiger partial charge < -0.3 is 5.32 Å². The number of carbonyl (C=O) groups excluding carboxylic acids is 1. The Labute approximate surface area is 109 Å². The van der Waals surface area contributed by atoms with Crippen molar-refractivity contribution >= 4 is 23.2 Å². The fraction of sp³-hybridized carbons (Fsp3) is 0.455. The van der Waals surface area contributed by atoms with Gasteiger partial charge in [0.1, 0.15) is 5.56 Å². The van der Waals surface area contributed by atoms with E-state index in [0.29, 0.717) is 6.54 Å². The van der Waals surface area contributed by atoms with E-state index >= 15 is 0 Å². The summed E-state index contributed by atoms with van der Waals surface area (Å²) in [4.78, 5) is 25.7. The van der Waals surface area contributed by atoms with Crippen molar-refractivity contribution < 1.29 is 9.72 Å². The normalized spacial score (nSPS) is 16.1. The number of rotatable bonds is 4. The number of aromatic nitrogens is 1. The molecule has 0 atom stereocenters. The minimum Gasteiger partial charge on any atom is -0.351 e.